The maximum Gasteiger partial charge on any atom is 0.254 e. The molecule has 0 amide bonds. The van der Waals surface area contributed by atoms with Crippen LogP contribution >= 0.6 is 0 Å². The minimum Gasteiger partial charge on any atom is -0.494 e. The van der Waals surface area contributed by atoms with Crippen molar-refractivity contribution in [3.8, 4) is 5.75 Å². The van der Waals surface area contributed by atoms with Crippen LogP contribution in [0, 0.1) is 0 Å². The standard InChI is InChI=1S/C28H26N6O2/c1-2-36-22-12-13-24-21(16-22)17-23(28(35)29-24)26(33-15-14-20-10-6-7-11-25(20)33)27-30-31-32-34(27)18-19-8-4-3-5-9-19/h3-13,16-17,26H,2,14-15,18H2,1H3,(H,29,35)/t26-/m0/s1. The molecular weight excluding hydrogens is 452 g/mol. The topological polar surface area (TPSA) is 88.9 Å². The van der Waals surface area contributed by atoms with Gasteiger partial charge in [-0.15, -0.1) is 5.10 Å². The summed E-state index contributed by atoms with van der Waals surface area (Å²) in [7, 11) is 0. The number of nitrogens with zero attached hydrogens (tertiary/aromatic N) is 5. The lowest BCUT2D eigenvalue weighted by atomic mass is 10.0. The van der Waals surface area contributed by atoms with Gasteiger partial charge >= 0.3 is 0 Å². The zero-order valence-corrected chi connectivity index (χ0v) is 20.0. The summed E-state index contributed by atoms with van der Waals surface area (Å²) in [5.74, 6) is 1.39. The molecule has 5 aromatic rings. The SMILES string of the molecule is CCOc1ccc2[nH]c(=O)c([C@@H](c3nnnn3Cc3ccccc3)N3CCc4ccccc43)cc2c1. The number of para-hydroxylation sites is 1. The molecule has 0 aliphatic carbocycles. The Labute approximate surface area is 208 Å². The van der Waals surface area contributed by atoms with Crippen LogP contribution in [0.15, 0.2) is 83.7 Å². The Kier molecular flexibility index (Phi) is 5.69. The Morgan fingerprint density at radius 1 is 1.03 bits per heavy atom. The monoisotopic (exact) mass is 478 g/mol. The summed E-state index contributed by atoms with van der Waals surface area (Å²) in [6.45, 7) is 3.80. The lowest BCUT2D eigenvalue weighted by Gasteiger charge is -2.29. The first kappa shape index (κ1) is 22.0. The van der Waals surface area contributed by atoms with Gasteiger partial charge in [0.05, 0.1) is 13.2 Å². The quantitative estimate of drug-likeness (QED) is 0.379. The Hall–Kier alpha value is -4.46. The summed E-state index contributed by atoms with van der Waals surface area (Å²) in [6.07, 6.45) is 0.896. The van der Waals surface area contributed by atoms with E-state index in [1.54, 1.807) is 4.68 Å². The molecule has 1 N–H and O–H groups in total. The van der Waals surface area contributed by atoms with Crippen molar-refractivity contribution in [1.29, 1.82) is 0 Å². The van der Waals surface area contributed by atoms with Crippen LogP contribution in [-0.4, -0.2) is 38.3 Å². The summed E-state index contributed by atoms with van der Waals surface area (Å²) < 4.78 is 7.50. The van der Waals surface area contributed by atoms with Gasteiger partial charge in [0.2, 0.25) is 0 Å². The van der Waals surface area contributed by atoms with Gasteiger partial charge in [0.25, 0.3) is 5.56 Å². The molecule has 0 saturated carbocycles. The molecule has 3 aromatic carbocycles. The molecule has 3 heterocycles. The van der Waals surface area contributed by atoms with E-state index in [2.05, 4.69) is 43.6 Å². The molecule has 0 unspecified atom stereocenters. The van der Waals surface area contributed by atoms with Crippen molar-refractivity contribution >= 4 is 16.6 Å². The van der Waals surface area contributed by atoms with Gasteiger partial charge in [-0.05, 0) is 65.2 Å². The van der Waals surface area contributed by atoms with E-state index in [0.29, 0.717) is 24.5 Å². The number of anilines is 1. The van der Waals surface area contributed by atoms with Gasteiger partial charge in [-0.25, -0.2) is 4.68 Å². The lowest BCUT2D eigenvalue weighted by molar-refractivity contribution is 0.340. The predicted octanol–water partition coefficient (Wildman–Crippen LogP) is 4.11. The number of ether oxygens (including phenoxy) is 1. The van der Waals surface area contributed by atoms with Crippen molar-refractivity contribution in [2.75, 3.05) is 18.1 Å². The van der Waals surface area contributed by atoms with E-state index in [4.69, 9.17) is 4.74 Å². The molecule has 0 spiro atoms. The average Bonchev–Trinajstić information content (AvgIpc) is 3.53. The van der Waals surface area contributed by atoms with E-state index in [1.807, 2.05) is 67.6 Å². The molecule has 0 radical (unpaired) electrons. The molecule has 6 rings (SSSR count). The third kappa shape index (κ3) is 4.00. The van der Waals surface area contributed by atoms with Crippen LogP contribution in [0.25, 0.3) is 10.9 Å². The van der Waals surface area contributed by atoms with Gasteiger partial charge in [-0.1, -0.05) is 48.5 Å². The third-order valence-electron chi connectivity index (χ3n) is 6.66. The van der Waals surface area contributed by atoms with E-state index < -0.39 is 6.04 Å². The molecule has 180 valence electrons. The number of nitrogens with one attached hydrogen (secondary N) is 1. The van der Waals surface area contributed by atoms with Crippen molar-refractivity contribution in [3.63, 3.8) is 0 Å². The summed E-state index contributed by atoms with van der Waals surface area (Å²) >= 11 is 0. The highest BCUT2D eigenvalue weighted by Gasteiger charge is 2.34. The van der Waals surface area contributed by atoms with Crippen LogP contribution in [0.1, 0.15) is 35.5 Å². The summed E-state index contributed by atoms with van der Waals surface area (Å²) in [4.78, 5) is 18.8. The molecule has 8 nitrogen and oxygen atoms in total. The number of aromatic nitrogens is 5. The van der Waals surface area contributed by atoms with Crippen molar-refractivity contribution in [2.24, 2.45) is 0 Å². The van der Waals surface area contributed by atoms with Crippen molar-refractivity contribution in [3.05, 3.63) is 112 Å². The Morgan fingerprint density at radius 2 is 1.86 bits per heavy atom. The molecule has 2 aromatic heterocycles. The fraction of sp³-hybridized carbons (Fsp3) is 0.214. The van der Waals surface area contributed by atoms with Crippen LogP contribution in [-0.2, 0) is 13.0 Å². The molecule has 0 saturated heterocycles. The second-order valence-corrected chi connectivity index (χ2v) is 8.89. The summed E-state index contributed by atoms with van der Waals surface area (Å²) in [6, 6.07) is 25.6. The zero-order chi connectivity index (χ0) is 24.5. The van der Waals surface area contributed by atoms with E-state index in [1.165, 1.54) is 5.56 Å². The van der Waals surface area contributed by atoms with Crippen LogP contribution in [0.3, 0.4) is 0 Å². The third-order valence-corrected chi connectivity index (χ3v) is 6.66. The second kappa shape index (κ2) is 9.30. The van der Waals surface area contributed by atoms with Gasteiger partial charge in [0.1, 0.15) is 11.8 Å². The predicted molar refractivity (Wildman–Crippen MR) is 138 cm³/mol. The van der Waals surface area contributed by atoms with Crippen molar-refractivity contribution in [2.45, 2.75) is 25.9 Å². The van der Waals surface area contributed by atoms with Gasteiger partial charge < -0.3 is 14.6 Å². The Balaban J connectivity index is 1.52. The van der Waals surface area contributed by atoms with Gasteiger partial charge in [0.15, 0.2) is 5.82 Å². The van der Waals surface area contributed by atoms with Gasteiger partial charge in [0, 0.05) is 28.7 Å². The molecule has 8 heteroatoms. The first-order valence-corrected chi connectivity index (χ1v) is 12.2. The first-order valence-electron chi connectivity index (χ1n) is 12.2. The minimum absolute atomic E-state index is 0.157. The number of hydrogen-bond donors (Lipinski definition) is 1. The fourth-order valence-corrected chi connectivity index (χ4v) is 5.02. The maximum absolute atomic E-state index is 13.5. The lowest BCUT2D eigenvalue weighted by Crippen LogP contribution is -2.34. The number of rotatable bonds is 7. The fourth-order valence-electron chi connectivity index (χ4n) is 5.02. The number of fused-ring (bicyclic) bond motifs is 2. The van der Waals surface area contributed by atoms with Crippen LogP contribution in [0.5, 0.6) is 5.75 Å². The van der Waals surface area contributed by atoms with E-state index in [-0.39, 0.29) is 5.56 Å². The van der Waals surface area contributed by atoms with Crippen LogP contribution < -0.4 is 15.2 Å². The molecule has 1 atom stereocenters. The normalized spacial score (nSPS) is 13.6. The zero-order valence-electron chi connectivity index (χ0n) is 20.0. The highest BCUT2D eigenvalue weighted by atomic mass is 16.5. The first-order chi connectivity index (χ1) is 17.7. The van der Waals surface area contributed by atoms with Crippen LogP contribution in [0.4, 0.5) is 5.69 Å². The largest absolute Gasteiger partial charge is 0.494 e. The highest BCUT2D eigenvalue weighted by molar-refractivity contribution is 5.81. The van der Waals surface area contributed by atoms with Gasteiger partial charge in [-0.3, -0.25) is 4.79 Å². The minimum atomic E-state index is -0.462. The molecule has 0 fully saturated rings. The Morgan fingerprint density at radius 3 is 2.72 bits per heavy atom. The van der Waals surface area contributed by atoms with E-state index in [0.717, 1.165) is 40.9 Å². The second-order valence-electron chi connectivity index (χ2n) is 8.89. The average molecular weight is 479 g/mol. The van der Waals surface area contributed by atoms with E-state index >= 15 is 0 Å². The molecule has 0 bridgehead atoms. The van der Waals surface area contributed by atoms with E-state index in [9.17, 15) is 4.79 Å². The highest BCUT2D eigenvalue weighted by Crippen LogP contribution is 2.37. The molecular formula is C28H26N6O2. The maximum atomic E-state index is 13.5. The molecule has 1 aliphatic rings. The van der Waals surface area contributed by atoms with Gasteiger partial charge in [-0.2, -0.15) is 0 Å². The summed E-state index contributed by atoms with van der Waals surface area (Å²) in [5.41, 5.74) is 4.63. The summed E-state index contributed by atoms with van der Waals surface area (Å²) in [5, 5.41) is 13.7. The number of aromatic amines is 1. The smallest absolute Gasteiger partial charge is 0.254 e. The Bertz CT molecular complexity index is 1580. The number of H-pyrrole nitrogens is 1. The number of pyridine rings is 1. The van der Waals surface area contributed by atoms with Crippen molar-refractivity contribution in [1.82, 2.24) is 25.2 Å². The molecule has 1 aliphatic heterocycles. The van der Waals surface area contributed by atoms with Crippen molar-refractivity contribution < 1.29 is 4.74 Å². The number of benzene rings is 3. The molecule has 36 heavy (non-hydrogen) atoms. The number of tetrazole rings is 1. The number of hydrogen-bond acceptors (Lipinski definition) is 6. The van der Waals surface area contributed by atoms with Crippen LogP contribution in [0.2, 0.25) is 0 Å².